The van der Waals surface area contributed by atoms with Crippen molar-refractivity contribution in [3.05, 3.63) is 45.4 Å². The van der Waals surface area contributed by atoms with E-state index in [1.165, 1.54) is 0 Å². The first kappa shape index (κ1) is 12.8. The van der Waals surface area contributed by atoms with Crippen LogP contribution in [0.15, 0.2) is 12.1 Å². The summed E-state index contributed by atoms with van der Waals surface area (Å²) in [5.41, 5.74) is 1.47. The Balaban J connectivity index is 2.74. The zero-order chi connectivity index (χ0) is 13.4. The second-order valence-corrected chi connectivity index (χ2v) is 4.31. The Hall–Kier alpha value is -1.69. The Morgan fingerprint density at radius 2 is 1.61 bits per heavy atom. The van der Waals surface area contributed by atoms with Crippen LogP contribution < -0.4 is 0 Å². The summed E-state index contributed by atoms with van der Waals surface area (Å²) in [4.78, 5) is 0. The molecular formula is C12H9F3N2S. The number of hydrogen-bond acceptors (Lipinski definition) is 2. The number of benzene rings is 1. The average Bonchev–Trinajstić information content (AvgIpc) is 2.32. The maximum absolute atomic E-state index is 13.6. The molecule has 1 N–H and O–H groups in total. The summed E-state index contributed by atoms with van der Waals surface area (Å²) < 4.78 is 40.1. The Labute approximate surface area is 106 Å². The van der Waals surface area contributed by atoms with Crippen LogP contribution in [0.5, 0.6) is 0 Å². The van der Waals surface area contributed by atoms with Crippen LogP contribution in [0.1, 0.15) is 11.1 Å². The third-order valence-corrected chi connectivity index (χ3v) is 3.19. The molecule has 0 spiro atoms. The Kier molecular flexibility index (Phi) is 3.21. The summed E-state index contributed by atoms with van der Waals surface area (Å²) in [5.74, 6) is -3.21. The maximum Gasteiger partial charge on any atom is 0.161 e. The molecule has 6 heteroatoms. The monoisotopic (exact) mass is 270 g/mol. The van der Waals surface area contributed by atoms with E-state index < -0.39 is 17.5 Å². The number of nitrogens with zero attached hydrogens (tertiary/aromatic N) is 1. The van der Waals surface area contributed by atoms with Crippen molar-refractivity contribution in [2.45, 2.75) is 13.8 Å². The van der Waals surface area contributed by atoms with Gasteiger partial charge in [0.15, 0.2) is 11.6 Å². The van der Waals surface area contributed by atoms with E-state index in [1.807, 2.05) is 0 Å². The topological polar surface area (TPSA) is 28.7 Å². The van der Waals surface area contributed by atoms with Crippen LogP contribution in [0.2, 0.25) is 0 Å². The van der Waals surface area contributed by atoms with Crippen molar-refractivity contribution < 1.29 is 13.2 Å². The third kappa shape index (κ3) is 2.03. The zero-order valence-corrected chi connectivity index (χ0v) is 10.5. The van der Waals surface area contributed by atoms with Gasteiger partial charge in [-0.3, -0.25) is 5.10 Å². The van der Waals surface area contributed by atoms with E-state index in [4.69, 9.17) is 12.2 Å². The maximum atomic E-state index is 13.6. The molecule has 0 aliphatic rings. The highest BCUT2D eigenvalue weighted by Gasteiger charge is 2.15. The lowest BCUT2D eigenvalue weighted by atomic mass is 10.0. The van der Waals surface area contributed by atoms with Crippen LogP contribution in [0.4, 0.5) is 13.2 Å². The molecule has 0 bridgehead atoms. The molecule has 0 aliphatic carbocycles. The van der Waals surface area contributed by atoms with Crippen molar-refractivity contribution in [2.24, 2.45) is 0 Å². The minimum absolute atomic E-state index is 0.0965. The molecule has 0 atom stereocenters. The highest BCUT2D eigenvalue weighted by molar-refractivity contribution is 7.71. The first-order chi connectivity index (χ1) is 8.41. The lowest BCUT2D eigenvalue weighted by Crippen LogP contribution is -2.00. The summed E-state index contributed by atoms with van der Waals surface area (Å²) >= 11 is 4.98. The minimum Gasteiger partial charge on any atom is -0.267 e. The standard InChI is InChI=1S/C12H9F3N2S/c1-5-6(2)12(18)17-16-11(5)7-3-9(14)10(15)4-8(7)13/h3-4H,1-2H3,(H,17,18). The van der Waals surface area contributed by atoms with Crippen LogP contribution >= 0.6 is 12.2 Å². The van der Waals surface area contributed by atoms with E-state index in [9.17, 15) is 13.2 Å². The highest BCUT2D eigenvalue weighted by atomic mass is 32.1. The molecule has 18 heavy (non-hydrogen) atoms. The van der Waals surface area contributed by atoms with E-state index in [2.05, 4.69) is 10.2 Å². The van der Waals surface area contributed by atoms with Crippen molar-refractivity contribution in [1.29, 1.82) is 0 Å². The van der Waals surface area contributed by atoms with Crippen LogP contribution in [0, 0.1) is 35.9 Å². The van der Waals surface area contributed by atoms with E-state index >= 15 is 0 Å². The van der Waals surface area contributed by atoms with Gasteiger partial charge in [-0.25, -0.2) is 13.2 Å². The van der Waals surface area contributed by atoms with Gasteiger partial charge in [-0.15, -0.1) is 0 Å². The summed E-state index contributed by atoms with van der Waals surface area (Å²) in [7, 11) is 0. The predicted molar refractivity (Wildman–Crippen MR) is 64.2 cm³/mol. The lowest BCUT2D eigenvalue weighted by molar-refractivity contribution is 0.496. The molecule has 0 saturated carbocycles. The Bertz CT molecular complexity index is 680. The fraction of sp³-hybridized carbons (Fsp3) is 0.167. The van der Waals surface area contributed by atoms with Gasteiger partial charge in [0.05, 0.1) is 5.69 Å². The van der Waals surface area contributed by atoms with Gasteiger partial charge in [-0.1, -0.05) is 12.2 Å². The fourth-order valence-electron chi connectivity index (χ4n) is 1.59. The summed E-state index contributed by atoms with van der Waals surface area (Å²) in [5, 5.41) is 6.43. The SMILES string of the molecule is Cc1c(-c2cc(F)c(F)cc2F)n[nH]c(=S)c1C. The summed E-state index contributed by atoms with van der Waals surface area (Å²) in [6.07, 6.45) is 0. The number of hydrogen-bond donors (Lipinski definition) is 1. The number of rotatable bonds is 1. The van der Waals surface area contributed by atoms with E-state index in [0.717, 1.165) is 11.6 Å². The lowest BCUT2D eigenvalue weighted by Gasteiger charge is -2.09. The van der Waals surface area contributed by atoms with Crippen LogP contribution in [0.25, 0.3) is 11.3 Å². The molecule has 1 aromatic carbocycles. The Morgan fingerprint density at radius 1 is 1.00 bits per heavy atom. The quantitative estimate of drug-likeness (QED) is 0.630. The third-order valence-electron chi connectivity index (χ3n) is 2.79. The largest absolute Gasteiger partial charge is 0.267 e. The van der Waals surface area contributed by atoms with Crippen LogP contribution in [-0.2, 0) is 0 Å². The molecule has 2 nitrogen and oxygen atoms in total. The molecule has 2 rings (SSSR count). The van der Waals surface area contributed by atoms with Gasteiger partial charge in [0.25, 0.3) is 0 Å². The molecule has 1 heterocycles. The second kappa shape index (κ2) is 4.53. The zero-order valence-electron chi connectivity index (χ0n) is 9.64. The van der Waals surface area contributed by atoms with E-state index in [-0.39, 0.29) is 11.3 Å². The molecule has 94 valence electrons. The van der Waals surface area contributed by atoms with E-state index in [0.29, 0.717) is 16.3 Å². The molecule has 2 aromatic rings. The van der Waals surface area contributed by atoms with Crippen molar-refractivity contribution >= 4 is 12.2 Å². The molecular weight excluding hydrogens is 261 g/mol. The average molecular weight is 270 g/mol. The van der Waals surface area contributed by atoms with Crippen LogP contribution in [0.3, 0.4) is 0 Å². The van der Waals surface area contributed by atoms with Gasteiger partial charge in [-0.2, -0.15) is 5.10 Å². The number of aromatic amines is 1. The number of nitrogens with one attached hydrogen (secondary N) is 1. The van der Waals surface area contributed by atoms with Crippen molar-refractivity contribution in [3.63, 3.8) is 0 Å². The summed E-state index contributed by atoms with van der Waals surface area (Å²) in [6, 6.07) is 1.29. The fourth-order valence-corrected chi connectivity index (χ4v) is 1.79. The number of halogens is 3. The van der Waals surface area contributed by atoms with Gasteiger partial charge in [0.1, 0.15) is 10.5 Å². The second-order valence-electron chi connectivity index (χ2n) is 3.90. The minimum atomic E-state index is -1.23. The van der Waals surface area contributed by atoms with Crippen LogP contribution in [-0.4, -0.2) is 10.2 Å². The molecule has 0 radical (unpaired) electrons. The molecule has 0 amide bonds. The summed E-state index contributed by atoms with van der Waals surface area (Å²) in [6.45, 7) is 3.44. The molecule has 0 saturated heterocycles. The first-order valence-electron chi connectivity index (χ1n) is 5.12. The van der Waals surface area contributed by atoms with Gasteiger partial charge >= 0.3 is 0 Å². The number of H-pyrrole nitrogens is 1. The molecule has 0 unspecified atom stereocenters. The van der Waals surface area contributed by atoms with Gasteiger partial charge < -0.3 is 0 Å². The van der Waals surface area contributed by atoms with Crippen molar-refractivity contribution in [1.82, 2.24) is 10.2 Å². The van der Waals surface area contributed by atoms with E-state index in [1.54, 1.807) is 13.8 Å². The Morgan fingerprint density at radius 3 is 2.28 bits per heavy atom. The van der Waals surface area contributed by atoms with Gasteiger partial charge in [0, 0.05) is 11.6 Å². The normalized spacial score (nSPS) is 10.7. The van der Waals surface area contributed by atoms with Crippen molar-refractivity contribution in [2.75, 3.05) is 0 Å². The van der Waals surface area contributed by atoms with Crippen molar-refractivity contribution in [3.8, 4) is 11.3 Å². The smallest absolute Gasteiger partial charge is 0.161 e. The first-order valence-corrected chi connectivity index (χ1v) is 5.53. The predicted octanol–water partition coefficient (Wildman–Crippen LogP) is 3.84. The molecule has 1 aromatic heterocycles. The van der Waals surface area contributed by atoms with Gasteiger partial charge in [-0.05, 0) is 31.0 Å². The van der Waals surface area contributed by atoms with Gasteiger partial charge in [0.2, 0.25) is 0 Å². The molecule has 0 fully saturated rings. The molecule has 0 aliphatic heterocycles. The highest BCUT2D eigenvalue weighted by Crippen LogP contribution is 2.27. The number of aromatic nitrogens is 2.